The van der Waals surface area contributed by atoms with E-state index in [4.69, 9.17) is 4.74 Å². The van der Waals surface area contributed by atoms with Gasteiger partial charge in [-0.2, -0.15) is 0 Å². The number of aryl methyl sites for hydroxylation is 1. The lowest BCUT2D eigenvalue weighted by molar-refractivity contribution is -0.118. The molecule has 2 aromatic rings. The molecule has 148 valence electrons. The molecular weight excluding hydrogens is 348 g/mol. The van der Waals surface area contributed by atoms with Crippen LogP contribution in [0.2, 0.25) is 0 Å². The quantitative estimate of drug-likeness (QED) is 0.859. The summed E-state index contributed by atoms with van der Waals surface area (Å²) >= 11 is 0. The number of rotatable bonds is 4. The molecular formula is C24H30N2O2. The summed E-state index contributed by atoms with van der Waals surface area (Å²) in [6.45, 7) is 4.03. The summed E-state index contributed by atoms with van der Waals surface area (Å²) in [5.74, 6) is 1.89. The molecule has 4 nitrogen and oxygen atoms in total. The molecule has 0 spiro atoms. The Hall–Kier alpha value is -2.33. The summed E-state index contributed by atoms with van der Waals surface area (Å²) < 4.78 is 6.00. The molecule has 1 fully saturated rings. The van der Waals surface area contributed by atoms with Gasteiger partial charge in [-0.05, 0) is 68.3 Å². The number of nitrogens with one attached hydrogen (secondary N) is 1. The van der Waals surface area contributed by atoms with Crippen molar-refractivity contribution in [1.82, 2.24) is 4.90 Å². The van der Waals surface area contributed by atoms with Crippen molar-refractivity contribution in [3.8, 4) is 5.75 Å². The number of hydrogen-bond acceptors (Lipinski definition) is 3. The number of amides is 1. The van der Waals surface area contributed by atoms with Crippen LogP contribution < -0.4 is 10.1 Å². The van der Waals surface area contributed by atoms with Gasteiger partial charge in [-0.25, -0.2) is 0 Å². The normalized spacial score (nSPS) is 23.1. The summed E-state index contributed by atoms with van der Waals surface area (Å²) in [6.07, 6.45) is 5.06. The maximum Gasteiger partial charge on any atom is 0.224 e. The SMILES string of the molecule is O=C1C[C@@H]2CCN(CCCc3ccccc3)C[C@@H]2CCOc2ccccc2N1. The average molecular weight is 379 g/mol. The molecule has 28 heavy (non-hydrogen) atoms. The molecule has 0 saturated carbocycles. The molecule has 1 amide bonds. The molecule has 0 bridgehead atoms. The first-order valence-corrected chi connectivity index (χ1v) is 10.6. The highest BCUT2D eigenvalue weighted by atomic mass is 16.5. The molecule has 2 aliphatic heterocycles. The van der Waals surface area contributed by atoms with Gasteiger partial charge in [0.15, 0.2) is 0 Å². The molecule has 0 radical (unpaired) electrons. The molecule has 0 unspecified atom stereocenters. The van der Waals surface area contributed by atoms with Crippen molar-refractivity contribution in [2.24, 2.45) is 11.8 Å². The fourth-order valence-electron chi connectivity index (χ4n) is 4.56. The van der Waals surface area contributed by atoms with Crippen LogP contribution in [-0.4, -0.2) is 37.0 Å². The summed E-state index contributed by atoms with van der Waals surface area (Å²) in [5, 5.41) is 3.05. The number of anilines is 1. The van der Waals surface area contributed by atoms with Crippen LogP contribution in [0.15, 0.2) is 54.6 Å². The number of likely N-dealkylation sites (tertiary alicyclic amines) is 1. The molecule has 2 aliphatic rings. The zero-order valence-corrected chi connectivity index (χ0v) is 16.5. The van der Waals surface area contributed by atoms with Gasteiger partial charge in [0.05, 0.1) is 12.3 Å². The van der Waals surface area contributed by atoms with Crippen LogP contribution in [0.5, 0.6) is 5.75 Å². The Kier molecular flexibility index (Phi) is 6.27. The van der Waals surface area contributed by atoms with E-state index in [0.717, 1.165) is 50.3 Å². The number of carbonyl (C=O) groups is 1. The molecule has 2 aromatic carbocycles. The van der Waals surface area contributed by atoms with E-state index < -0.39 is 0 Å². The van der Waals surface area contributed by atoms with Crippen LogP contribution in [0, 0.1) is 11.8 Å². The van der Waals surface area contributed by atoms with Gasteiger partial charge >= 0.3 is 0 Å². The summed E-state index contributed by atoms with van der Waals surface area (Å²) in [6, 6.07) is 18.5. The molecule has 2 heterocycles. The molecule has 0 aromatic heterocycles. The predicted molar refractivity (Wildman–Crippen MR) is 113 cm³/mol. The number of ether oxygens (including phenoxy) is 1. The fraction of sp³-hybridized carbons (Fsp3) is 0.458. The van der Waals surface area contributed by atoms with E-state index in [0.29, 0.717) is 24.9 Å². The minimum Gasteiger partial charge on any atom is -0.491 e. The Morgan fingerprint density at radius 1 is 1.00 bits per heavy atom. The molecule has 4 heteroatoms. The fourth-order valence-corrected chi connectivity index (χ4v) is 4.56. The van der Waals surface area contributed by atoms with Crippen molar-refractivity contribution < 1.29 is 9.53 Å². The van der Waals surface area contributed by atoms with Crippen molar-refractivity contribution in [2.75, 3.05) is 31.6 Å². The topological polar surface area (TPSA) is 41.6 Å². The minimum absolute atomic E-state index is 0.116. The molecule has 0 aliphatic carbocycles. The number of nitrogens with zero attached hydrogens (tertiary/aromatic N) is 1. The predicted octanol–water partition coefficient (Wildman–Crippen LogP) is 4.37. The van der Waals surface area contributed by atoms with E-state index in [1.807, 2.05) is 24.3 Å². The molecule has 1 saturated heterocycles. The highest BCUT2D eigenvalue weighted by Gasteiger charge is 2.31. The number of piperidine rings is 1. The maximum absolute atomic E-state index is 12.5. The van der Waals surface area contributed by atoms with Gasteiger partial charge in [0.1, 0.15) is 5.75 Å². The first-order chi connectivity index (χ1) is 13.8. The van der Waals surface area contributed by atoms with E-state index in [9.17, 15) is 4.79 Å². The van der Waals surface area contributed by atoms with E-state index in [1.165, 1.54) is 12.0 Å². The minimum atomic E-state index is 0.116. The number of carbonyl (C=O) groups excluding carboxylic acids is 1. The van der Waals surface area contributed by atoms with Crippen LogP contribution in [0.4, 0.5) is 5.69 Å². The maximum atomic E-state index is 12.5. The molecule has 1 N–H and O–H groups in total. The van der Waals surface area contributed by atoms with Crippen LogP contribution in [-0.2, 0) is 11.2 Å². The highest BCUT2D eigenvalue weighted by molar-refractivity contribution is 5.92. The number of benzene rings is 2. The van der Waals surface area contributed by atoms with Crippen LogP contribution in [0.1, 0.15) is 31.2 Å². The van der Waals surface area contributed by atoms with Crippen LogP contribution in [0.25, 0.3) is 0 Å². The lowest BCUT2D eigenvalue weighted by Gasteiger charge is -2.39. The van der Waals surface area contributed by atoms with Gasteiger partial charge in [0.25, 0.3) is 0 Å². The van der Waals surface area contributed by atoms with Gasteiger partial charge < -0.3 is 15.0 Å². The third-order valence-corrected chi connectivity index (χ3v) is 6.11. The Morgan fingerprint density at radius 3 is 2.71 bits per heavy atom. The Balaban J connectivity index is 1.33. The van der Waals surface area contributed by atoms with Crippen molar-refractivity contribution in [3.63, 3.8) is 0 Å². The second-order valence-corrected chi connectivity index (χ2v) is 8.08. The number of para-hydroxylation sites is 2. The highest BCUT2D eigenvalue weighted by Crippen LogP contribution is 2.32. The van der Waals surface area contributed by atoms with E-state index in [1.54, 1.807) is 0 Å². The van der Waals surface area contributed by atoms with E-state index in [-0.39, 0.29) is 5.91 Å². The summed E-state index contributed by atoms with van der Waals surface area (Å²) in [5.41, 5.74) is 2.21. The second kappa shape index (κ2) is 9.24. The Labute approximate surface area is 167 Å². The van der Waals surface area contributed by atoms with E-state index >= 15 is 0 Å². The lowest BCUT2D eigenvalue weighted by Crippen LogP contribution is -2.42. The third-order valence-electron chi connectivity index (χ3n) is 6.11. The summed E-state index contributed by atoms with van der Waals surface area (Å²) in [4.78, 5) is 15.1. The monoisotopic (exact) mass is 378 g/mol. The number of fused-ring (bicyclic) bond motifs is 2. The van der Waals surface area contributed by atoms with E-state index in [2.05, 4.69) is 40.5 Å². The molecule has 2 atom stereocenters. The standard InChI is InChI=1S/C24H30N2O2/c27-24-17-20-12-15-26(14-6-9-19-7-2-1-3-8-19)18-21(20)13-16-28-23-11-5-4-10-22(23)25-24/h1-5,7-8,10-11,20-21H,6,9,12-18H2,(H,25,27)/t20-,21-/m0/s1. The first kappa shape index (κ1) is 19.0. The van der Waals surface area contributed by atoms with Crippen molar-refractivity contribution >= 4 is 11.6 Å². The van der Waals surface area contributed by atoms with Crippen molar-refractivity contribution in [2.45, 2.75) is 32.1 Å². The second-order valence-electron chi connectivity index (χ2n) is 8.08. The van der Waals surface area contributed by atoms with Crippen LogP contribution >= 0.6 is 0 Å². The lowest BCUT2D eigenvalue weighted by atomic mass is 9.81. The van der Waals surface area contributed by atoms with Crippen molar-refractivity contribution in [1.29, 1.82) is 0 Å². The Bertz CT molecular complexity index is 777. The zero-order valence-electron chi connectivity index (χ0n) is 16.5. The van der Waals surface area contributed by atoms with Gasteiger partial charge in [0.2, 0.25) is 5.91 Å². The van der Waals surface area contributed by atoms with Crippen molar-refractivity contribution in [3.05, 3.63) is 60.2 Å². The smallest absolute Gasteiger partial charge is 0.224 e. The van der Waals surface area contributed by atoms with Gasteiger partial charge in [-0.1, -0.05) is 42.5 Å². The summed E-state index contributed by atoms with van der Waals surface area (Å²) in [7, 11) is 0. The average Bonchev–Trinajstić information content (AvgIpc) is 2.71. The van der Waals surface area contributed by atoms with Gasteiger partial charge in [0, 0.05) is 13.0 Å². The van der Waals surface area contributed by atoms with Gasteiger partial charge in [-0.3, -0.25) is 4.79 Å². The van der Waals surface area contributed by atoms with Crippen LogP contribution in [0.3, 0.4) is 0 Å². The largest absolute Gasteiger partial charge is 0.491 e. The zero-order chi connectivity index (χ0) is 19.2. The molecule has 4 rings (SSSR count). The van der Waals surface area contributed by atoms with Gasteiger partial charge in [-0.15, -0.1) is 0 Å². The number of hydrogen-bond donors (Lipinski definition) is 1. The Morgan fingerprint density at radius 2 is 1.82 bits per heavy atom. The third kappa shape index (κ3) is 4.93. The first-order valence-electron chi connectivity index (χ1n) is 10.6.